The smallest absolute Gasteiger partial charge is 0.225 e. The van der Waals surface area contributed by atoms with Crippen LogP contribution in [0.3, 0.4) is 0 Å². The molecule has 2 fully saturated rings. The SMILES string of the molecule is CCNC(=NCC(C)c1cccs1)N1CCC(C(=O)N2CCOCC2)CC1.I. The maximum atomic E-state index is 12.7. The first-order valence-electron chi connectivity index (χ1n) is 10.1. The first-order chi connectivity index (χ1) is 13.2. The van der Waals surface area contributed by atoms with Crippen molar-refractivity contribution in [1.82, 2.24) is 15.1 Å². The minimum Gasteiger partial charge on any atom is -0.378 e. The van der Waals surface area contributed by atoms with Gasteiger partial charge in [-0.3, -0.25) is 9.79 Å². The molecule has 1 atom stereocenters. The molecule has 1 N–H and O–H groups in total. The number of nitrogens with zero attached hydrogens (tertiary/aromatic N) is 3. The highest BCUT2D eigenvalue weighted by molar-refractivity contribution is 14.0. The molecule has 1 aromatic rings. The summed E-state index contributed by atoms with van der Waals surface area (Å²) in [5.41, 5.74) is 0. The third kappa shape index (κ3) is 6.32. The van der Waals surface area contributed by atoms with Crippen molar-refractivity contribution in [3.63, 3.8) is 0 Å². The molecule has 0 bridgehead atoms. The molecule has 1 amide bonds. The van der Waals surface area contributed by atoms with Crippen LogP contribution in [0.4, 0.5) is 0 Å². The van der Waals surface area contributed by atoms with E-state index in [4.69, 9.17) is 9.73 Å². The van der Waals surface area contributed by atoms with Gasteiger partial charge in [0.25, 0.3) is 0 Å². The number of nitrogens with one attached hydrogen (secondary N) is 1. The van der Waals surface area contributed by atoms with E-state index in [0.29, 0.717) is 25.0 Å². The van der Waals surface area contributed by atoms with Gasteiger partial charge in [0.05, 0.1) is 19.8 Å². The summed E-state index contributed by atoms with van der Waals surface area (Å²) < 4.78 is 5.36. The van der Waals surface area contributed by atoms with Crippen molar-refractivity contribution in [3.8, 4) is 0 Å². The molecule has 2 saturated heterocycles. The van der Waals surface area contributed by atoms with Crippen molar-refractivity contribution >= 4 is 47.2 Å². The van der Waals surface area contributed by atoms with Gasteiger partial charge in [0.2, 0.25) is 5.91 Å². The van der Waals surface area contributed by atoms with E-state index < -0.39 is 0 Å². The number of halogens is 1. The van der Waals surface area contributed by atoms with E-state index in [1.54, 1.807) is 11.3 Å². The number of piperidine rings is 1. The molecule has 0 spiro atoms. The van der Waals surface area contributed by atoms with Crippen LogP contribution in [0.2, 0.25) is 0 Å². The molecule has 2 aliphatic rings. The zero-order valence-corrected chi connectivity index (χ0v) is 20.1. The monoisotopic (exact) mass is 520 g/mol. The van der Waals surface area contributed by atoms with Gasteiger partial charge in [-0.15, -0.1) is 35.3 Å². The van der Waals surface area contributed by atoms with E-state index in [-0.39, 0.29) is 29.9 Å². The van der Waals surface area contributed by atoms with E-state index in [0.717, 1.165) is 58.1 Å². The highest BCUT2D eigenvalue weighted by atomic mass is 127. The average molecular weight is 520 g/mol. The lowest BCUT2D eigenvalue weighted by molar-refractivity contribution is -0.140. The minimum atomic E-state index is 0. The van der Waals surface area contributed by atoms with E-state index in [9.17, 15) is 4.79 Å². The number of hydrogen-bond donors (Lipinski definition) is 1. The number of thiophene rings is 1. The van der Waals surface area contributed by atoms with Gasteiger partial charge in [0.1, 0.15) is 0 Å². The predicted molar refractivity (Wildman–Crippen MR) is 126 cm³/mol. The molecular formula is C20H33IN4O2S. The van der Waals surface area contributed by atoms with Crippen LogP contribution in [0, 0.1) is 5.92 Å². The normalized spacial score (nSPS) is 19.9. The molecule has 0 saturated carbocycles. The van der Waals surface area contributed by atoms with Gasteiger partial charge < -0.3 is 19.9 Å². The summed E-state index contributed by atoms with van der Waals surface area (Å²) >= 11 is 1.79. The Labute approximate surface area is 189 Å². The predicted octanol–water partition coefficient (Wildman–Crippen LogP) is 3.01. The van der Waals surface area contributed by atoms with Crippen LogP contribution in [0.1, 0.15) is 37.5 Å². The van der Waals surface area contributed by atoms with E-state index >= 15 is 0 Å². The molecule has 158 valence electrons. The number of guanidine groups is 1. The molecule has 2 aliphatic heterocycles. The summed E-state index contributed by atoms with van der Waals surface area (Å²) in [5, 5.41) is 5.55. The molecule has 0 aliphatic carbocycles. The van der Waals surface area contributed by atoms with Gasteiger partial charge >= 0.3 is 0 Å². The topological polar surface area (TPSA) is 57.2 Å². The van der Waals surface area contributed by atoms with Crippen LogP contribution < -0.4 is 5.32 Å². The van der Waals surface area contributed by atoms with Crippen LogP contribution in [-0.4, -0.2) is 74.1 Å². The van der Waals surface area contributed by atoms with Crippen LogP contribution in [0.15, 0.2) is 22.5 Å². The fourth-order valence-corrected chi connectivity index (χ4v) is 4.47. The second-order valence-electron chi connectivity index (χ2n) is 7.31. The molecule has 3 heterocycles. The van der Waals surface area contributed by atoms with Crippen LogP contribution >= 0.6 is 35.3 Å². The molecular weight excluding hydrogens is 487 g/mol. The second kappa shape index (κ2) is 12.0. The van der Waals surface area contributed by atoms with Gasteiger partial charge in [-0.1, -0.05) is 13.0 Å². The number of carbonyl (C=O) groups is 1. The first kappa shape index (κ1) is 23.4. The lowest BCUT2D eigenvalue weighted by Crippen LogP contribution is -2.50. The first-order valence-corrected chi connectivity index (χ1v) is 11.0. The quantitative estimate of drug-likeness (QED) is 0.369. The molecule has 0 radical (unpaired) electrons. The van der Waals surface area contributed by atoms with E-state index in [2.05, 4.69) is 41.6 Å². The van der Waals surface area contributed by atoms with Crippen LogP contribution in [0.25, 0.3) is 0 Å². The fourth-order valence-electron chi connectivity index (χ4n) is 3.69. The Bertz CT molecular complexity index is 612. The molecule has 1 unspecified atom stereocenters. The molecule has 1 aromatic heterocycles. The number of hydrogen-bond acceptors (Lipinski definition) is 4. The van der Waals surface area contributed by atoms with E-state index in [1.807, 2.05) is 4.90 Å². The van der Waals surface area contributed by atoms with Gasteiger partial charge in [-0.2, -0.15) is 0 Å². The molecule has 6 nitrogen and oxygen atoms in total. The molecule has 8 heteroatoms. The summed E-state index contributed by atoms with van der Waals surface area (Å²) in [7, 11) is 0. The number of aliphatic imine (C=N–C) groups is 1. The Balaban J connectivity index is 0.00000280. The number of morpholine rings is 1. The highest BCUT2D eigenvalue weighted by Gasteiger charge is 2.30. The van der Waals surface area contributed by atoms with Gasteiger partial charge in [0.15, 0.2) is 5.96 Å². The zero-order chi connectivity index (χ0) is 19.1. The second-order valence-corrected chi connectivity index (χ2v) is 8.29. The third-order valence-electron chi connectivity index (χ3n) is 5.35. The highest BCUT2D eigenvalue weighted by Crippen LogP contribution is 2.22. The number of amides is 1. The summed E-state index contributed by atoms with van der Waals surface area (Å²) in [6.45, 7) is 10.6. The summed E-state index contributed by atoms with van der Waals surface area (Å²) in [5.74, 6) is 1.87. The molecule has 28 heavy (non-hydrogen) atoms. The van der Waals surface area contributed by atoms with Gasteiger partial charge in [0, 0.05) is 49.4 Å². The van der Waals surface area contributed by atoms with Crippen LogP contribution in [-0.2, 0) is 9.53 Å². The number of likely N-dealkylation sites (tertiary alicyclic amines) is 1. The lowest BCUT2D eigenvalue weighted by Gasteiger charge is -2.36. The maximum absolute atomic E-state index is 12.7. The summed E-state index contributed by atoms with van der Waals surface area (Å²) in [6, 6.07) is 4.28. The zero-order valence-electron chi connectivity index (χ0n) is 16.9. The Kier molecular flexibility index (Phi) is 10.0. The third-order valence-corrected chi connectivity index (χ3v) is 6.45. The fraction of sp³-hybridized carbons (Fsp3) is 0.700. The molecule has 0 aromatic carbocycles. The minimum absolute atomic E-state index is 0. The van der Waals surface area contributed by atoms with Crippen molar-refractivity contribution in [3.05, 3.63) is 22.4 Å². The van der Waals surface area contributed by atoms with Crippen molar-refractivity contribution in [1.29, 1.82) is 0 Å². The molecule has 3 rings (SSSR count). The Hall–Kier alpha value is -0.870. The van der Waals surface area contributed by atoms with Crippen molar-refractivity contribution in [2.75, 3.05) is 52.5 Å². The van der Waals surface area contributed by atoms with Crippen molar-refractivity contribution in [2.45, 2.75) is 32.6 Å². The summed E-state index contributed by atoms with van der Waals surface area (Å²) in [4.78, 5) is 23.3. The van der Waals surface area contributed by atoms with Gasteiger partial charge in [-0.05, 0) is 31.2 Å². The standard InChI is InChI=1S/C20H32N4O2S.HI/c1-3-21-20(22-15-16(2)18-5-4-14-27-18)24-8-6-17(7-9-24)19(25)23-10-12-26-13-11-23;/h4-5,14,16-17H,3,6-13,15H2,1-2H3,(H,21,22);1H. The van der Waals surface area contributed by atoms with Crippen molar-refractivity contribution < 1.29 is 9.53 Å². The average Bonchev–Trinajstić information content (AvgIpc) is 3.26. The van der Waals surface area contributed by atoms with Crippen molar-refractivity contribution in [2.24, 2.45) is 10.9 Å². The van der Waals surface area contributed by atoms with Gasteiger partial charge in [-0.25, -0.2) is 0 Å². The Morgan fingerprint density at radius 2 is 2.00 bits per heavy atom. The summed E-state index contributed by atoms with van der Waals surface area (Å²) in [6.07, 6.45) is 1.81. The maximum Gasteiger partial charge on any atom is 0.225 e. The number of rotatable bonds is 5. The van der Waals surface area contributed by atoms with Crippen LogP contribution in [0.5, 0.6) is 0 Å². The largest absolute Gasteiger partial charge is 0.378 e. The van der Waals surface area contributed by atoms with E-state index in [1.165, 1.54) is 4.88 Å². The Morgan fingerprint density at radius 1 is 1.29 bits per heavy atom. The number of ether oxygens (including phenoxy) is 1. The number of carbonyl (C=O) groups excluding carboxylic acids is 1. The Morgan fingerprint density at radius 3 is 2.61 bits per heavy atom. The lowest BCUT2D eigenvalue weighted by atomic mass is 9.95.